The van der Waals surface area contributed by atoms with Crippen LogP contribution in [0.5, 0.6) is 0 Å². The smallest absolute Gasteiger partial charge is 0.251 e. The van der Waals surface area contributed by atoms with Gasteiger partial charge < -0.3 is 15.2 Å². The molecule has 0 aliphatic heterocycles. The van der Waals surface area contributed by atoms with Gasteiger partial charge in [-0.25, -0.2) is 4.98 Å². The van der Waals surface area contributed by atoms with Gasteiger partial charge >= 0.3 is 0 Å². The molecule has 8 nitrogen and oxygen atoms in total. The maximum Gasteiger partial charge on any atom is 0.251 e. The number of hydrogen-bond acceptors (Lipinski definition) is 7. The fraction of sp³-hybridized carbons (Fsp3) is 0.188. The van der Waals surface area contributed by atoms with Gasteiger partial charge in [0.1, 0.15) is 0 Å². The van der Waals surface area contributed by atoms with Gasteiger partial charge in [0.15, 0.2) is 16.1 Å². The van der Waals surface area contributed by atoms with Crippen molar-refractivity contribution in [3.8, 4) is 0 Å². The van der Waals surface area contributed by atoms with Gasteiger partial charge in [-0.2, -0.15) is 0 Å². The van der Waals surface area contributed by atoms with Gasteiger partial charge in [0, 0.05) is 29.2 Å². The molecule has 0 aliphatic rings. The molecule has 1 aromatic carbocycles. The van der Waals surface area contributed by atoms with Crippen LogP contribution in [0.1, 0.15) is 16.2 Å². The Balaban J connectivity index is 1.51. The van der Waals surface area contributed by atoms with Crippen molar-refractivity contribution < 1.29 is 9.59 Å². The first-order chi connectivity index (χ1) is 13.0. The normalized spacial score (nSPS) is 10.6. The molecule has 140 valence electrons. The van der Waals surface area contributed by atoms with Crippen LogP contribution < -0.4 is 10.6 Å². The molecule has 0 radical (unpaired) electrons. The second kappa shape index (κ2) is 8.98. The summed E-state index contributed by atoms with van der Waals surface area (Å²) in [6.07, 6.45) is 1.63. The van der Waals surface area contributed by atoms with E-state index < -0.39 is 0 Å². The Morgan fingerprint density at radius 2 is 2.04 bits per heavy atom. The molecule has 0 bridgehead atoms. The Morgan fingerprint density at radius 1 is 1.26 bits per heavy atom. The van der Waals surface area contributed by atoms with E-state index in [-0.39, 0.29) is 24.1 Å². The topological polar surface area (TPSA) is 102 Å². The monoisotopic (exact) mass is 422 g/mol. The molecular weight excluding hydrogens is 408 g/mol. The van der Waals surface area contributed by atoms with Gasteiger partial charge in [0.05, 0.1) is 12.3 Å². The largest absolute Gasteiger partial charge is 0.345 e. The third-order valence-electron chi connectivity index (χ3n) is 3.45. The molecule has 2 amide bonds. The summed E-state index contributed by atoms with van der Waals surface area (Å²) in [5, 5.41) is 17.1. The van der Waals surface area contributed by atoms with E-state index in [0.29, 0.717) is 26.7 Å². The number of carbonyl (C=O) groups is 2. The van der Waals surface area contributed by atoms with Crippen molar-refractivity contribution in [3.05, 3.63) is 52.3 Å². The van der Waals surface area contributed by atoms with Gasteiger partial charge in [0.2, 0.25) is 5.91 Å². The highest BCUT2D eigenvalue weighted by Gasteiger charge is 2.13. The van der Waals surface area contributed by atoms with E-state index in [9.17, 15) is 9.59 Å². The second-order valence-electron chi connectivity index (χ2n) is 5.32. The lowest BCUT2D eigenvalue weighted by Crippen LogP contribution is -2.24. The van der Waals surface area contributed by atoms with Crippen LogP contribution in [0.4, 0.5) is 5.13 Å². The van der Waals surface area contributed by atoms with Gasteiger partial charge in [-0.3, -0.25) is 9.59 Å². The summed E-state index contributed by atoms with van der Waals surface area (Å²) in [6.45, 7) is 0.219. The summed E-state index contributed by atoms with van der Waals surface area (Å²) in [5.74, 6) is 0.366. The average molecular weight is 423 g/mol. The number of anilines is 1. The maximum atomic E-state index is 12.1. The molecule has 11 heteroatoms. The second-order valence-corrected chi connectivity index (χ2v) is 7.59. The summed E-state index contributed by atoms with van der Waals surface area (Å²) in [4.78, 5) is 28.0. The van der Waals surface area contributed by atoms with Crippen molar-refractivity contribution in [1.29, 1.82) is 0 Å². The molecule has 0 spiro atoms. The van der Waals surface area contributed by atoms with Crippen molar-refractivity contribution in [3.63, 3.8) is 0 Å². The number of nitrogens with zero attached hydrogens (tertiary/aromatic N) is 4. The van der Waals surface area contributed by atoms with Crippen molar-refractivity contribution in [2.45, 2.75) is 11.7 Å². The van der Waals surface area contributed by atoms with Crippen LogP contribution in [0.3, 0.4) is 0 Å². The Bertz CT molecular complexity index is 927. The van der Waals surface area contributed by atoms with Gasteiger partial charge in [-0.1, -0.05) is 23.4 Å². The molecule has 0 saturated heterocycles. The lowest BCUT2D eigenvalue weighted by atomic mass is 10.2. The molecule has 3 aromatic rings. The third kappa shape index (κ3) is 5.28. The van der Waals surface area contributed by atoms with E-state index in [1.807, 2.05) is 0 Å². The van der Waals surface area contributed by atoms with Crippen LogP contribution in [0, 0.1) is 0 Å². The van der Waals surface area contributed by atoms with E-state index in [4.69, 9.17) is 11.6 Å². The highest BCUT2D eigenvalue weighted by Crippen LogP contribution is 2.17. The highest BCUT2D eigenvalue weighted by molar-refractivity contribution is 7.99. The summed E-state index contributed by atoms with van der Waals surface area (Å²) < 4.78 is 1.74. The van der Waals surface area contributed by atoms with Crippen molar-refractivity contribution in [2.24, 2.45) is 7.05 Å². The summed E-state index contributed by atoms with van der Waals surface area (Å²) in [6, 6.07) is 6.61. The average Bonchev–Trinajstić information content (AvgIpc) is 3.28. The number of thioether (sulfide) groups is 1. The molecular formula is C16H15ClN6O2S2. The Hall–Kier alpha value is -2.43. The quantitative estimate of drug-likeness (QED) is 0.567. The van der Waals surface area contributed by atoms with E-state index in [1.165, 1.54) is 23.1 Å². The van der Waals surface area contributed by atoms with E-state index in [2.05, 4.69) is 25.8 Å². The minimum absolute atomic E-state index is 0.171. The Morgan fingerprint density at radius 3 is 2.74 bits per heavy atom. The summed E-state index contributed by atoms with van der Waals surface area (Å²) in [7, 11) is 1.78. The summed E-state index contributed by atoms with van der Waals surface area (Å²) in [5.41, 5.74) is 0.509. The SMILES string of the molecule is Cn1c(CNC(=O)c2ccc(Cl)cc2)nnc1SCC(=O)Nc1nccs1. The fourth-order valence-corrected chi connectivity index (χ4v) is 3.46. The lowest BCUT2D eigenvalue weighted by Gasteiger charge is -2.06. The van der Waals surface area contributed by atoms with Crippen molar-refractivity contribution in [1.82, 2.24) is 25.1 Å². The highest BCUT2D eigenvalue weighted by atomic mass is 35.5. The number of halogens is 1. The first-order valence-corrected chi connectivity index (χ1v) is 10.0. The fourth-order valence-electron chi connectivity index (χ4n) is 2.06. The van der Waals surface area contributed by atoms with Crippen LogP contribution in [-0.4, -0.2) is 37.3 Å². The molecule has 0 aliphatic carbocycles. The minimum atomic E-state index is -0.230. The Labute approximate surface area is 168 Å². The third-order valence-corrected chi connectivity index (χ3v) is 5.41. The number of benzene rings is 1. The first-order valence-electron chi connectivity index (χ1n) is 7.77. The Kier molecular flexibility index (Phi) is 6.43. The van der Waals surface area contributed by atoms with Gasteiger partial charge in [-0.05, 0) is 24.3 Å². The molecule has 3 rings (SSSR count). The zero-order valence-corrected chi connectivity index (χ0v) is 16.6. The molecule has 0 fully saturated rings. The van der Waals surface area contributed by atoms with E-state index in [0.717, 1.165) is 0 Å². The molecule has 2 heterocycles. The molecule has 2 aromatic heterocycles. The zero-order valence-electron chi connectivity index (χ0n) is 14.2. The molecule has 0 saturated carbocycles. The van der Waals surface area contributed by atoms with Crippen LogP contribution in [-0.2, 0) is 18.4 Å². The van der Waals surface area contributed by atoms with E-state index in [1.54, 1.807) is 47.5 Å². The van der Waals surface area contributed by atoms with Crippen molar-refractivity contribution >= 4 is 51.6 Å². The van der Waals surface area contributed by atoms with Gasteiger partial charge in [0.25, 0.3) is 5.91 Å². The molecule has 2 N–H and O–H groups in total. The molecule has 27 heavy (non-hydrogen) atoms. The number of carbonyl (C=O) groups excluding carboxylic acids is 2. The lowest BCUT2D eigenvalue weighted by molar-refractivity contribution is -0.113. The molecule has 0 unspecified atom stereocenters. The number of nitrogens with one attached hydrogen (secondary N) is 2. The summed E-state index contributed by atoms with van der Waals surface area (Å²) >= 11 is 8.43. The number of hydrogen-bond donors (Lipinski definition) is 2. The number of thiazole rings is 1. The first kappa shape index (κ1) is 19.3. The van der Waals surface area contributed by atoms with Crippen LogP contribution in [0.25, 0.3) is 0 Å². The predicted octanol–water partition coefficient (Wildman–Crippen LogP) is 2.59. The van der Waals surface area contributed by atoms with Crippen LogP contribution in [0.2, 0.25) is 5.02 Å². The van der Waals surface area contributed by atoms with Crippen LogP contribution >= 0.6 is 34.7 Å². The predicted molar refractivity (Wildman–Crippen MR) is 105 cm³/mol. The molecule has 0 atom stereocenters. The standard InChI is InChI=1S/C16H15ClN6O2S2/c1-23-12(8-19-14(25)10-2-4-11(17)5-3-10)21-22-16(23)27-9-13(24)20-15-18-6-7-26-15/h2-7H,8-9H2,1H3,(H,19,25)(H,18,20,24). The zero-order chi connectivity index (χ0) is 19.2. The van der Waals surface area contributed by atoms with Gasteiger partial charge in [-0.15, -0.1) is 21.5 Å². The van der Waals surface area contributed by atoms with Crippen LogP contribution in [0.15, 0.2) is 41.0 Å². The van der Waals surface area contributed by atoms with E-state index >= 15 is 0 Å². The van der Waals surface area contributed by atoms with Crippen molar-refractivity contribution in [2.75, 3.05) is 11.1 Å². The number of aromatic nitrogens is 4. The number of amides is 2. The minimum Gasteiger partial charge on any atom is -0.345 e. The number of rotatable bonds is 7. The maximum absolute atomic E-state index is 12.1.